The minimum atomic E-state index is 1.10. The zero-order chi connectivity index (χ0) is 31.9. The van der Waals surface area contributed by atoms with E-state index in [1.165, 1.54) is 44.8 Å². The first kappa shape index (κ1) is 30.9. The van der Waals surface area contributed by atoms with Gasteiger partial charge in [0.1, 0.15) is 0 Å². The predicted octanol–water partition coefficient (Wildman–Crippen LogP) is 12.8. The van der Waals surface area contributed by atoms with Crippen molar-refractivity contribution in [2.75, 3.05) is 9.80 Å². The normalized spacial score (nSPS) is 11.0. The Bertz CT molecular complexity index is 1680. The van der Waals surface area contributed by atoms with E-state index in [0.29, 0.717) is 0 Å². The Morgan fingerprint density at radius 2 is 0.565 bits per heavy atom. The lowest BCUT2D eigenvalue weighted by Gasteiger charge is -2.26. The van der Waals surface area contributed by atoms with Gasteiger partial charge in [0.05, 0.1) is 0 Å². The molecule has 0 N–H and O–H groups in total. The summed E-state index contributed by atoms with van der Waals surface area (Å²) in [7, 11) is 0. The summed E-state index contributed by atoms with van der Waals surface area (Å²) in [5.74, 6) is 0. The Morgan fingerprint density at radius 3 is 0.826 bits per heavy atom. The molecule has 0 unspecified atom stereocenters. The lowest BCUT2D eigenvalue weighted by Crippen LogP contribution is -2.10. The zero-order valence-electron chi connectivity index (χ0n) is 27.6. The van der Waals surface area contributed by atoms with Gasteiger partial charge >= 0.3 is 0 Å². The van der Waals surface area contributed by atoms with E-state index in [0.717, 1.165) is 48.4 Å². The Hall–Kier alpha value is -5.08. The average Bonchev–Trinajstić information content (AvgIpc) is 3.09. The van der Waals surface area contributed by atoms with E-state index >= 15 is 0 Å². The molecule has 2 nitrogen and oxygen atoms in total. The SMILES string of the molecule is CCCc1ccc(N(c2ccc(C)cc2)c2ccc(-c3ccc(N(c4ccc(C)cc4)c4ccc(CCC)cc4)cc3)cc2)cc1. The van der Waals surface area contributed by atoms with Gasteiger partial charge in [-0.25, -0.2) is 0 Å². The molecule has 0 aliphatic rings. The summed E-state index contributed by atoms with van der Waals surface area (Å²) in [5, 5.41) is 0. The van der Waals surface area contributed by atoms with E-state index in [-0.39, 0.29) is 0 Å². The van der Waals surface area contributed by atoms with E-state index in [1.54, 1.807) is 0 Å². The molecule has 6 aromatic carbocycles. The van der Waals surface area contributed by atoms with Crippen molar-refractivity contribution in [2.24, 2.45) is 0 Å². The topological polar surface area (TPSA) is 6.48 Å². The van der Waals surface area contributed by atoms with Crippen LogP contribution in [0.5, 0.6) is 0 Å². The summed E-state index contributed by atoms with van der Waals surface area (Å²) in [4.78, 5) is 4.68. The zero-order valence-corrected chi connectivity index (χ0v) is 27.6. The molecule has 0 amide bonds. The summed E-state index contributed by atoms with van der Waals surface area (Å²) in [5.41, 5.74) is 14.6. The second kappa shape index (κ2) is 14.3. The van der Waals surface area contributed by atoms with Gasteiger partial charge in [0, 0.05) is 34.1 Å². The summed E-state index contributed by atoms with van der Waals surface area (Å²) >= 11 is 0. The third kappa shape index (κ3) is 7.08. The first-order valence-electron chi connectivity index (χ1n) is 16.6. The quantitative estimate of drug-likeness (QED) is 0.146. The Balaban J connectivity index is 1.30. The standard InChI is InChI=1S/C44H44N2/c1-5-7-35-13-25-41(26-14-35)45(39-21-9-33(3)10-22-39)43-29-17-37(18-30-43)38-19-31-44(32-20-38)46(40-23-11-34(4)12-24-40)42-27-15-36(8-6-2)16-28-42/h9-32H,5-8H2,1-4H3. The average molecular weight is 601 g/mol. The van der Waals surface area contributed by atoms with Crippen LogP contribution < -0.4 is 9.80 Å². The van der Waals surface area contributed by atoms with Gasteiger partial charge in [-0.3, -0.25) is 0 Å². The van der Waals surface area contributed by atoms with Gasteiger partial charge in [0.15, 0.2) is 0 Å². The van der Waals surface area contributed by atoms with Gasteiger partial charge < -0.3 is 9.80 Å². The van der Waals surface area contributed by atoms with Crippen LogP contribution in [0.15, 0.2) is 146 Å². The highest BCUT2D eigenvalue weighted by molar-refractivity contribution is 5.81. The van der Waals surface area contributed by atoms with Crippen molar-refractivity contribution in [2.45, 2.75) is 53.4 Å². The molecule has 2 heteroatoms. The summed E-state index contributed by atoms with van der Waals surface area (Å²) in [6, 6.07) is 53.5. The molecular weight excluding hydrogens is 556 g/mol. The first-order valence-corrected chi connectivity index (χ1v) is 16.6. The molecule has 0 atom stereocenters. The number of aryl methyl sites for hydroxylation is 4. The smallest absolute Gasteiger partial charge is 0.0462 e. The Morgan fingerprint density at radius 1 is 0.326 bits per heavy atom. The number of hydrogen-bond donors (Lipinski definition) is 0. The largest absolute Gasteiger partial charge is 0.311 e. The van der Waals surface area contributed by atoms with Crippen LogP contribution in [0.3, 0.4) is 0 Å². The summed E-state index contributed by atoms with van der Waals surface area (Å²) in [6.07, 6.45) is 4.51. The number of nitrogens with zero attached hydrogens (tertiary/aromatic N) is 2. The Labute approximate surface area is 275 Å². The van der Waals surface area contributed by atoms with Crippen molar-refractivity contribution < 1.29 is 0 Å². The number of hydrogen-bond acceptors (Lipinski definition) is 2. The van der Waals surface area contributed by atoms with Gasteiger partial charge in [-0.15, -0.1) is 0 Å². The molecule has 0 saturated carbocycles. The van der Waals surface area contributed by atoms with Crippen LogP contribution in [0.2, 0.25) is 0 Å². The molecular formula is C44H44N2. The van der Waals surface area contributed by atoms with Crippen molar-refractivity contribution in [1.82, 2.24) is 0 Å². The first-order chi connectivity index (χ1) is 22.5. The van der Waals surface area contributed by atoms with Crippen LogP contribution in [0.25, 0.3) is 11.1 Å². The van der Waals surface area contributed by atoms with E-state index in [4.69, 9.17) is 0 Å². The van der Waals surface area contributed by atoms with Crippen LogP contribution in [0, 0.1) is 13.8 Å². The predicted molar refractivity (Wildman–Crippen MR) is 199 cm³/mol. The summed E-state index contributed by atoms with van der Waals surface area (Å²) < 4.78 is 0. The second-order valence-electron chi connectivity index (χ2n) is 12.3. The van der Waals surface area contributed by atoms with Crippen LogP contribution in [-0.2, 0) is 12.8 Å². The molecule has 0 bridgehead atoms. The van der Waals surface area contributed by atoms with Crippen LogP contribution in [0.1, 0.15) is 48.9 Å². The molecule has 0 radical (unpaired) electrons. The van der Waals surface area contributed by atoms with Crippen molar-refractivity contribution in [3.63, 3.8) is 0 Å². The lowest BCUT2D eigenvalue weighted by atomic mass is 10.0. The molecule has 0 aliphatic carbocycles. The van der Waals surface area contributed by atoms with Crippen molar-refractivity contribution >= 4 is 34.1 Å². The fraction of sp³-hybridized carbons (Fsp3) is 0.182. The second-order valence-corrected chi connectivity index (χ2v) is 12.3. The molecule has 0 heterocycles. The Kier molecular flexibility index (Phi) is 9.65. The monoisotopic (exact) mass is 600 g/mol. The van der Waals surface area contributed by atoms with Crippen molar-refractivity contribution in [1.29, 1.82) is 0 Å². The van der Waals surface area contributed by atoms with Crippen LogP contribution in [-0.4, -0.2) is 0 Å². The van der Waals surface area contributed by atoms with Gasteiger partial charge in [-0.1, -0.05) is 111 Å². The van der Waals surface area contributed by atoms with Gasteiger partial charge in [0.25, 0.3) is 0 Å². The molecule has 0 aromatic heterocycles. The van der Waals surface area contributed by atoms with Crippen LogP contribution in [0.4, 0.5) is 34.1 Å². The third-order valence-electron chi connectivity index (χ3n) is 8.64. The fourth-order valence-corrected chi connectivity index (χ4v) is 6.09. The molecule has 0 saturated heterocycles. The highest BCUT2D eigenvalue weighted by Crippen LogP contribution is 2.38. The number of rotatable bonds is 11. The molecule has 0 aliphatic heterocycles. The van der Waals surface area contributed by atoms with Gasteiger partial charge in [0.2, 0.25) is 0 Å². The third-order valence-corrected chi connectivity index (χ3v) is 8.64. The minimum absolute atomic E-state index is 1.10. The maximum atomic E-state index is 2.34. The van der Waals surface area contributed by atoms with Gasteiger partial charge in [-0.2, -0.15) is 0 Å². The molecule has 46 heavy (non-hydrogen) atoms. The van der Waals surface area contributed by atoms with E-state index < -0.39 is 0 Å². The van der Waals surface area contributed by atoms with Gasteiger partial charge in [-0.05, 0) is 122 Å². The van der Waals surface area contributed by atoms with Crippen molar-refractivity contribution in [3.8, 4) is 11.1 Å². The molecule has 230 valence electrons. The van der Waals surface area contributed by atoms with E-state index in [2.05, 4.69) is 183 Å². The highest BCUT2D eigenvalue weighted by Gasteiger charge is 2.15. The molecule has 6 aromatic rings. The minimum Gasteiger partial charge on any atom is -0.311 e. The maximum absolute atomic E-state index is 2.34. The number of benzene rings is 6. The maximum Gasteiger partial charge on any atom is 0.0462 e. The molecule has 6 rings (SSSR count). The molecule has 0 fully saturated rings. The fourth-order valence-electron chi connectivity index (χ4n) is 6.09. The molecule has 0 spiro atoms. The van der Waals surface area contributed by atoms with Crippen molar-refractivity contribution in [3.05, 3.63) is 168 Å². The highest BCUT2D eigenvalue weighted by atomic mass is 15.1. The van der Waals surface area contributed by atoms with E-state index in [9.17, 15) is 0 Å². The summed E-state index contributed by atoms with van der Waals surface area (Å²) in [6.45, 7) is 8.73. The van der Waals surface area contributed by atoms with Crippen LogP contribution >= 0.6 is 0 Å². The van der Waals surface area contributed by atoms with E-state index in [1.807, 2.05) is 0 Å². The number of anilines is 6. The lowest BCUT2D eigenvalue weighted by molar-refractivity contribution is 0.922.